The first-order chi connectivity index (χ1) is 15.4. The third kappa shape index (κ3) is 6.73. The number of aliphatic imine (C=N–C) groups is 1. The number of hydrogen-bond acceptors (Lipinski definition) is 8. The third-order valence-corrected chi connectivity index (χ3v) is 5.88. The van der Waals surface area contributed by atoms with Crippen LogP contribution < -0.4 is 5.73 Å². The second kappa shape index (κ2) is 10.7. The van der Waals surface area contributed by atoms with Crippen molar-refractivity contribution in [3.05, 3.63) is 53.8 Å². The molecule has 1 atom stereocenters. The largest absolute Gasteiger partial charge is 0.534 e. The summed E-state index contributed by atoms with van der Waals surface area (Å²) in [5.74, 6) is -0.898. The topological polar surface area (TPSA) is 117 Å². The lowest BCUT2D eigenvalue weighted by Crippen LogP contribution is -2.40. The molecule has 0 spiro atoms. The molecule has 0 aliphatic heterocycles. The minimum Gasteiger partial charge on any atom is -0.477 e. The Labute approximate surface area is 190 Å². The highest BCUT2D eigenvalue weighted by molar-refractivity contribution is 7.87. The number of benzene rings is 1. The van der Waals surface area contributed by atoms with Crippen molar-refractivity contribution >= 4 is 27.7 Å². The highest BCUT2D eigenvalue weighted by Gasteiger charge is 2.50. The predicted octanol–water partition coefficient (Wildman–Crippen LogP) is 3.51. The van der Waals surface area contributed by atoms with Crippen LogP contribution in [0, 0.1) is 5.41 Å². The fourth-order valence-corrected chi connectivity index (χ4v) is 3.56. The summed E-state index contributed by atoms with van der Waals surface area (Å²) in [5.41, 5.74) is 0.353. The average Bonchev–Trinajstić information content (AvgIpc) is 2.77. The van der Waals surface area contributed by atoms with Crippen LogP contribution in [0.3, 0.4) is 0 Å². The number of ether oxygens (including phenoxy) is 2. The molecule has 2 N–H and O–H groups in total. The van der Waals surface area contributed by atoms with E-state index in [0.717, 1.165) is 11.6 Å². The maximum Gasteiger partial charge on any atom is 0.534 e. The molecule has 1 unspecified atom stereocenters. The number of alkyl halides is 3. The molecule has 0 aromatic heterocycles. The molecule has 0 amide bonds. The number of rotatable bonds is 8. The second-order valence-electron chi connectivity index (χ2n) is 7.17. The molecule has 182 valence electrons. The van der Waals surface area contributed by atoms with E-state index in [4.69, 9.17) is 15.2 Å². The number of hydrogen-bond donors (Lipinski definition) is 1. The van der Waals surface area contributed by atoms with Crippen molar-refractivity contribution in [1.82, 2.24) is 0 Å². The second-order valence-corrected chi connectivity index (χ2v) is 8.71. The van der Waals surface area contributed by atoms with E-state index in [1.165, 1.54) is 13.1 Å². The molecule has 1 aliphatic carbocycles. The van der Waals surface area contributed by atoms with E-state index < -0.39 is 32.8 Å². The van der Waals surface area contributed by atoms with Gasteiger partial charge in [-0.3, -0.25) is 9.79 Å². The van der Waals surface area contributed by atoms with Gasteiger partial charge in [0.05, 0.1) is 6.61 Å². The van der Waals surface area contributed by atoms with E-state index >= 15 is 0 Å². The van der Waals surface area contributed by atoms with Gasteiger partial charge in [-0.1, -0.05) is 30.3 Å². The van der Waals surface area contributed by atoms with Gasteiger partial charge in [-0.2, -0.15) is 21.6 Å². The summed E-state index contributed by atoms with van der Waals surface area (Å²) in [6.45, 7) is 1.47. The fraction of sp³-hybridized carbons (Fsp3) is 0.429. The van der Waals surface area contributed by atoms with Crippen LogP contribution in [0.15, 0.2) is 53.2 Å². The van der Waals surface area contributed by atoms with Gasteiger partial charge in [0, 0.05) is 25.2 Å². The van der Waals surface area contributed by atoms with Crippen molar-refractivity contribution in [3.8, 4) is 0 Å². The number of esters is 1. The Kier molecular flexibility index (Phi) is 8.53. The first kappa shape index (κ1) is 26.2. The molecule has 0 saturated heterocycles. The first-order valence-corrected chi connectivity index (χ1v) is 11.3. The van der Waals surface area contributed by atoms with E-state index in [0.29, 0.717) is 5.70 Å². The number of carbonyl (C=O) groups excluding carboxylic acids is 1. The molecular weight excluding hydrogens is 465 g/mol. The molecule has 0 radical (unpaired) electrons. The van der Waals surface area contributed by atoms with Crippen LogP contribution >= 0.6 is 0 Å². The molecule has 2 rings (SSSR count). The number of carbonyl (C=O) groups is 1. The lowest BCUT2D eigenvalue weighted by atomic mass is 9.77. The van der Waals surface area contributed by atoms with Gasteiger partial charge in [0.1, 0.15) is 17.8 Å². The molecule has 0 heterocycles. The van der Waals surface area contributed by atoms with Crippen molar-refractivity contribution in [2.45, 2.75) is 31.7 Å². The molecular formula is C21H25F3N2O6S. The Bertz CT molecular complexity index is 1040. The summed E-state index contributed by atoms with van der Waals surface area (Å²) in [7, 11) is -4.32. The van der Waals surface area contributed by atoms with E-state index in [-0.39, 0.29) is 38.4 Å². The highest BCUT2D eigenvalue weighted by atomic mass is 32.2. The lowest BCUT2D eigenvalue weighted by Gasteiger charge is -2.33. The SMILES string of the molecule is CCOC(=O)C1(COC(C=C(N)c2ccccc2)=NC)CC=C(OS(=O)(=O)C(F)(F)F)CC1. The van der Waals surface area contributed by atoms with E-state index in [1.54, 1.807) is 19.1 Å². The molecule has 1 aliphatic rings. The predicted molar refractivity (Wildman–Crippen MR) is 115 cm³/mol. The molecule has 33 heavy (non-hydrogen) atoms. The van der Waals surface area contributed by atoms with E-state index in [2.05, 4.69) is 9.18 Å². The minimum atomic E-state index is -5.79. The maximum atomic E-state index is 12.7. The summed E-state index contributed by atoms with van der Waals surface area (Å²) in [4.78, 5) is 16.7. The Morgan fingerprint density at radius 1 is 1.24 bits per heavy atom. The van der Waals surface area contributed by atoms with Gasteiger partial charge in [0.25, 0.3) is 0 Å². The van der Waals surface area contributed by atoms with Crippen molar-refractivity contribution in [1.29, 1.82) is 0 Å². The summed E-state index contributed by atoms with van der Waals surface area (Å²) in [5, 5.41) is 0. The summed E-state index contributed by atoms with van der Waals surface area (Å²) >= 11 is 0. The molecule has 0 saturated carbocycles. The Hall–Kier alpha value is -3.02. The molecule has 0 fully saturated rings. The van der Waals surface area contributed by atoms with Gasteiger partial charge in [0.15, 0.2) is 0 Å². The smallest absolute Gasteiger partial charge is 0.477 e. The third-order valence-electron chi connectivity index (χ3n) is 4.88. The highest BCUT2D eigenvalue weighted by Crippen LogP contribution is 2.39. The zero-order valence-electron chi connectivity index (χ0n) is 18.1. The summed E-state index contributed by atoms with van der Waals surface area (Å²) in [6, 6.07) is 9.04. The lowest BCUT2D eigenvalue weighted by molar-refractivity contribution is -0.158. The van der Waals surface area contributed by atoms with Gasteiger partial charge < -0.3 is 19.4 Å². The zero-order chi connectivity index (χ0) is 24.7. The van der Waals surface area contributed by atoms with Crippen LogP contribution in [0.4, 0.5) is 13.2 Å². The van der Waals surface area contributed by atoms with Gasteiger partial charge >= 0.3 is 21.6 Å². The number of nitrogens with zero attached hydrogens (tertiary/aromatic N) is 1. The van der Waals surface area contributed by atoms with Crippen molar-refractivity contribution < 1.29 is 40.0 Å². The van der Waals surface area contributed by atoms with Crippen LogP contribution in [0.5, 0.6) is 0 Å². The quantitative estimate of drug-likeness (QED) is 0.195. The standard InChI is InChI=1S/C21H25F3N2O6S/c1-3-30-19(27)20(11-9-16(10-12-20)32-33(28,29)21(22,23)24)14-31-18(26-2)13-17(25)15-7-5-4-6-8-15/h4-9,13H,3,10-12,14,25H2,1-2H3. The fourth-order valence-electron chi connectivity index (χ4n) is 3.03. The molecule has 12 heteroatoms. The monoisotopic (exact) mass is 490 g/mol. The van der Waals surface area contributed by atoms with Crippen LogP contribution in [0.2, 0.25) is 0 Å². The van der Waals surface area contributed by atoms with Crippen molar-refractivity contribution in [3.63, 3.8) is 0 Å². The number of halogens is 3. The van der Waals surface area contributed by atoms with Crippen molar-refractivity contribution in [2.75, 3.05) is 20.3 Å². The Morgan fingerprint density at radius 3 is 2.42 bits per heavy atom. The zero-order valence-corrected chi connectivity index (χ0v) is 18.9. The number of nitrogens with two attached hydrogens (primary N) is 1. The molecule has 8 nitrogen and oxygen atoms in total. The van der Waals surface area contributed by atoms with Gasteiger partial charge in [-0.25, -0.2) is 0 Å². The molecule has 1 aromatic carbocycles. The normalized spacial score (nSPS) is 20.1. The van der Waals surface area contributed by atoms with Crippen LogP contribution in [-0.4, -0.2) is 46.1 Å². The van der Waals surface area contributed by atoms with Crippen LogP contribution in [0.1, 0.15) is 31.7 Å². The van der Waals surface area contributed by atoms with Gasteiger partial charge in [0.2, 0.25) is 5.90 Å². The van der Waals surface area contributed by atoms with Gasteiger partial charge in [-0.15, -0.1) is 0 Å². The van der Waals surface area contributed by atoms with Crippen LogP contribution in [0.25, 0.3) is 5.70 Å². The Morgan fingerprint density at radius 2 is 1.91 bits per heavy atom. The van der Waals surface area contributed by atoms with E-state index in [1.807, 2.05) is 18.2 Å². The summed E-state index contributed by atoms with van der Waals surface area (Å²) in [6.07, 6.45) is 2.17. The van der Waals surface area contributed by atoms with Gasteiger partial charge in [-0.05, 0) is 31.4 Å². The molecule has 1 aromatic rings. The average molecular weight is 491 g/mol. The maximum absolute atomic E-state index is 12.7. The minimum absolute atomic E-state index is 0.0556. The van der Waals surface area contributed by atoms with Crippen molar-refractivity contribution in [2.24, 2.45) is 16.1 Å². The number of allylic oxidation sites excluding steroid dienone is 2. The summed E-state index contributed by atoms with van der Waals surface area (Å²) < 4.78 is 75.3. The first-order valence-electron chi connectivity index (χ1n) is 9.93. The molecule has 0 bridgehead atoms. The van der Waals surface area contributed by atoms with Crippen LogP contribution in [-0.2, 0) is 28.6 Å². The van der Waals surface area contributed by atoms with E-state index in [9.17, 15) is 26.4 Å². The Balaban J connectivity index is 2.19.